The van der Waals surface area contributed by atoms with E-state index in [4.69, 9.17) is 5.11 Å². The number of carboxylic acid groups (broad SMARTS) is 2. The summed E-state index contributed by atoms with van der Waals surface area (Å²) in [5.41, 5.74) is 0. The van der Waals surface area contributed by atoms with Crippen molar-refractivity contribution >= 4 is 65.2 Å². The number of hydrogen-bond donors (Lipinski definition) is 7. The van der Waals surface area contributed by atoms with Crippen LogP contribution < -0.4 is 26.6 Å². The van der Waals surface area contributed by atoms with Crippen LogP contribution in [0.15, 0.2) is 0 Å². The van der Waals surface area contributed by atoms with Crippen LogP contribution in [0.25, 0.3) is 0 Å². The van der Waals surface area contributed by atoms with Crippen molar-refractivity contribution in [1.29, 1.82) is 0 Å². The van der Waals surface area contributed by atoms with E-state index in [-0.39, 0.29) is 67.8 Å². The van der Waals surface area contributed by atoms with Crippen molar-refractivity contribution in [3.8, 4) is 0 Å². The van der Waals surface area contributed by atoms with Gasteiger partial charge in [0.15, 0.2) is 0 Å². The Hall–Kier alpha value is -3.21. The fraction of sp³-hybridized carbons (Fsp3) is 0.767. The Bertz CT molecular complexity index is 1180. The van der Waals surface area contributed by atoms with E-state index in [0.717, 1.165) is 54.9 Å². The Balaban J connectivity index is 0.000000261. The zero-order chi connectivity index (χ0) is 33.9. The number of fused-ring (bicyclic) bond motifs is 2. The van der Waals surface area contributed by atoms with Gasteiger partial charge in [0.2, 0.25) is 17.7 Å². The lowest BCUT2D eigenvalue weighted by Gasteiger charge is -2.22. The van der Waals surface area contributed by atoms with Crippen molar-refractivity contribution in [3.63, 3.8) is 0 Å². The SMILES string of the molecule is O=C(CCCCC1SC[C@@H]2NC(=O)N[C@H]12)NCCCCC(C(=O)O)N1C(=O)CCC1=O.O=C(O)CCCC[C@@H]1SC[C@@H]2NC(=O)N[C@@H]21. The van der Waals surface area contributed by atoms with Gasteiger partial charge >= 0.3 is 24.0 Å². The van der Waals surface area contributed by atoms with Gasteiger partial charge in [0, 0.05) is 54.2 Å². The number of urea groups is 2. The van der Waals surface area contributed by atoms with Crippen LogP contribution in [0.5, 0.6) is 0 Å². The highest BCUT2D eigenvalue weighted by Gasteiger charge is 2.43. The molecule has 5 heterocycles. The maximum atomic E-state index is 12.0. The molecule has 2 unspecified atom stereocenters. The average Bonchev–Trinajstić information content (AvgIpc) is 3.82. The fourth-order valence-corrected chi connectivity index (χ4v) is 9.71. The van der Waals surface area contributed by atoms with E-state index >= 15 is 0 Å². The molecule has 47 heavy (non-hydrogen) atoms. The summed E-state index contributed by atoms with van der Waals surface area (Å²) >= 11 is 3.73. The predicted molar refractivity (Wildman–Crippen MR) is 175 cm³/mol. The van der Waals surface area contributed by atoms with Crippen LogP contribution in [0.1, 0.15) is 83.5 Å². The average molecular weight is 699 g/mol. The monoisotopic (exact) mass is 698 g/mol. The Labute approximate surface area is 282 Å². The molecule has 0 aromatic carbocycles. The molecule has 0 aromatic rings. The molecule has 5 saturated heterocycles. The summed E-state index contributed by atoms with van der Waals surface area (Å²) in [6.45, 7) is 0.437. The van der Waals surface area contributed by atoms with E-state index in [1.807, 2.05) is 23.5 Å². The van der Waals surface area contributed by atoms with E-state index in [1.54, 1.807) is 0 Å². The van der Waals surface area contributed by atoms with Crippen molar-refractivity contribution in [1.82, 2.24) is 31.5 Å². The molecular formula is C30H46N6O9S2. The number of carbonyl (C=O) groups is 7. The second-order valence-electron chi connectivity index (χ2n) is 12.5. The molecule has 0 radical (unpaired) electrons. The van der Waals surface area contributed by atoms with Crippen molar-refractivity contribution < 1.29 is 43.8 Å². The smallest absolute Gasteiger partial charge is 0.326 e. The lowest BCUT2D eigenvalue weighted by Crippen LogP contribution is -2.44. The summed E-state index contributed by atoms with van der Waals surface area (Å²) in [7, 11) is 0. The molecule has 5 aliphatic rings. The first kappa shape index (κ1) is 36.6. The number of hydrogen-bond acceptors (Lipinski definition) is 9. The molecule has 0 bridgehead atoms. The highest BCUT2D eigenvalue weighted by Crippen LogP contribution is 2.34. The van der Waals surface area contributed by atoms with Gasteiger partial charge in [0.05, 0.1) is 24.2 Å². The summed E-state index contributed by atoms with van der Waals surface area (Å²) < 4.78 is 0. The molecule has 262 valence electrons. The summed E-state index contributed by atoms with van der Waals surface area (Å²) in [4.78, 5) is 80.6. The van der Waals surface area contributed by atoms with Crippen molar-refractivity contribution in [2.75, 3.05) is 18.1 Å². The second kappa shape index (κ2) is 17.8. The minimum absolute atomic E-state index is 0.0347. The van der Waals surface area contributed by atoms with E-state index in [0.29, 0.717) is 36.3 Å². The fourth-order valence-electron chi connectivity index (χ4n) is 6.62. The Morgan fingerprint density at radius 2 is 1.28 bits per heavy atom. The van der Waals surface area contributed by atoms with Crippen LogP contribution in [0.2, 0.25) is 0 Å². The quantitative estimate of drug-likeness (QED) is 0.0653. The van der Waals surface area contributed by atoms with Gasteiger partial charge in [-0.2, -0.15) is 23.5 Å². The molecule has 0 spiro atoms. The molecular weight excluding hydrogens is 652 g/mol. The summed E-state index contributed by atoms with van der Waals surface area (Å²) in [5.74, 6) is -0.898. The van der Waals surface area contributed by atoms with Gasteiger partial charge in [0.25, 0.3) is 0 Å². The third-order valence-corrected chi connectivity index (χ3v) is 12.1. The van der Waals surface area contributed by atoms with Gasteiger partial charge in [-0.3, -0.25) is 24.1 Å². The number of aliphatic carboxylic acids is 2. The van der Waals surface area contributed by atoms with E-state index in [2.05, 4.69) is 26.6 Å². The Morgan fingerprint density at radius 1 is 0.745 bits per heavy atom. The van der Waals surface area contributed by atoms with Crippen molar-refractivity contribution in [2.45, 2.75) is 124 Å². The molecule has 7 atom stereocenters. The first-order chi connectivity index (χ1) is 22.5. The van der Waals surface area contributed by atoms with Gasteiger partial charge in [-0.15, -0.1) is 0 Å². The van der Waals surface area contributed by atoms with Gasteiger partial charge in [-0.05, 0) is 44.9 Å². The molecule has 7 amide bonds. The molecule has 5 fully saturated rings. The van der Waals surface area contributed by atoms with Crippen LogP contribution >= 0.6 is 23.5 Å². The summed E-state index contributed by atoms with van der Waals surface area (Å²) in [6.07, 6.45) is 7.40. The van der Waals surface area contributed by atoms with Crippen molar-refractivity contribution in [3.05, 3.63) is 0 Å². The van der Waals surface area contributed by atoms with Crippen LogP contribution in [-0.4, -0.2) is 116 Å². The van der Waals surface area contributed by atoms with Gasteiger partial charge in [-0.1, -0.05) is 12.8 Å². The van der Waals surface area contributed by atoms with E-state index < -0.39 is 29.8 Å². The molecule has 5 aliphatic heterocycles. The van der Waals surface area contributed by atoms with Crippen LogP contribution in [0.4, 0.5) is 9.59 Å². The number of carbonyl (C=O) groups excluding carboxylic acids is 5. The number of rotatable bonds is 17. The van der Waals surface area contributed by atoms with Crippen LogP contribution in [-0.2, 0) is 24.0 Å². The largest absolute Gasteiger partial charge is 0.481 e. The second-order valence-corrected chi connectivity index (χ2v) is 15.0. The van der Waals surface area contributed by atoms with Gasteiger partial charge in [-0.25, -0.2) is 14.4 Å². The number of nitrogens with zero attached hydrogens (tertiary/aromatic N) is 1. The van der Waals surface area contributed by atoms with Crippen LogP contribution in [0.3, 0.4) is 0 Å². The molecule has 15 nitrogen and oxygen atoms in total. The lowest BCUT2D eigenvalue weighted by atomic mass is 10.0. The summed E-state index contributed by atoms with van der Waals surface area (Å²) in [5, 5.41) is 33.2. The number of imide groups is 1. The first-order valence-electron chi connectivity index (χ1n) is 16.5. The topological polar surface area (TPSA) is 223 Å². The number of unbranched alkanes of at least 4 members (excludes halogenated alkanes) is 3. The molecule has 0 saturated carbocycles. The standard InChI is InChI=1S/C20H30N4O6S.C10H16N2O3S/c25-15(7-2-1-6-14-18-12(11-31-14)22-20(30)23-18)21-10-4-3-5-13(19(28)29)24-16(26)8-9-17(24)27;13-8(14)4-2-1-3-7-9-6(5-16-7)11-10(15)12-9/h12-14,18H,1-11H2,(H,21,25)(H,28,29)(H2,22,23,30);6-7,9H,1-5H2,(H,13,14)(H2,11,12,15)/t12-,13?,14?,18-;6-,7-,9-/m00/s1. The molecule has 5 rings (SSSR count). The number of carboxylic acids is 2. The number of amides is 7. The molecule has 0 aliphatic carbocycles. The molecule has 7 N–H and O–H groups in total. The maximum absolute atomic E-state index is 12.0. The predicted octanol–water partition coefficient (Wildman–Crippen LogP) is 1.40. The van der Waals surface area contributed by atoms with Crippen LogP contribution in [0, 0.1) is 0 Å². The minimum Gasteiger partial charge on any atom is -0.481 e. The van der Waals surface area contributed by atoms with Gasteiger partial charge in [0.1, 0.15) is 6.04 Å². The minimum atomic E-state index is -1.17. The third kappa shape index (κ3) is 10.6. The Morgan fingerprint density at radius 3 is 1.79 bits per heavy atom. The number of thioether (sulfide) groups is 2. The Kier molecular flexibility index (Phi) is 13.9. The first-order valence-corrected chi connectivity index (χ1v) is 18.6. The van der Waals surface area contributed by atoms with E-state index in [1.165, 1.54) is 0 Å². The zero-order valence-electron chi connectivity index (χ0n) is 26.4. The van der Waals surface area contributed by atoms with Gasteiger partial charge < -0.3 is 36.8 Å². The zero-order valence-corrected chi connectivity index (χ0v) is 28.0. The number of likely N-dealkylation sites (tertiary alicyclic amines) is 1. The maximum Gasteiger partial charge on any atom is 0.326 e. The summed E-state index contributed by atoms with van der Waals surface area (Å²) in [6, 6.07) is -0.366. The van der Waals surface area contributed by atoms with E-state index in [9.17, 15) is 38.7 Å². The highest BCUT2D eigenvalue weighted by molar-refractivity contribution is 8.00. The third-order valence-electron chi connectivity index (χ3n) is 9.06. The molecule has 0 aromatic heterocycles. The normalized spacial score (nSPS) is 28.0. The lowest BCUT2D eigenvalue weighted by molar-refractivity contribution is -0.154. The molecule has 17 heteroatoms. The number of nitrogens with one attached hydrogen (secondary N) is 5. The van der Waals surface area contributed by atoms with Crippen molar-refractivity contribution in [2.24, 2.45) is 0 Å². The highest BCUT2D eigenvalue weighted by atomic mass is 32.2.